The van der Waals surface area contributed by atoms with Crippen molar-refractivity contribution >= 4 is 23.1 Å². The van der Waals surface area contributed by atoms with Crippen LogP contribution in [0.1, 0.15) is 21.9 Å². The molecule has 3 aromatic rings. The number of anilines is 3. The molecule has 1 aromatic heterocycles. The van der Waals surface area contributed by atoms with E-state index in [2.05, 4.69) is 20.6 Å². The molecule has 6 nitrogen and oxygen atoms in total. The summed E-state index contributed by atoms with van der Waals surface area (Å²) in [5.74, 6) is 1.50. The van der Waals surface area contributed by atoms with Gasteiger partial charge < -0.3 is 15.4 Å². The van der Waals surface area contributed by atoms with E-state index in [-0.39, 0.29) is 5.91 Å². The standard InChI is InChI=1S/C20H20N4O2/c1-13-6-4-7-15(10-13)24-20(25)18-12-19(22-14(2)21-18)23-16-8-5-9-17(11-16)26-3/h4-12H,1-3H3,(H,24,25)(H,21,22,23). The van der Waals surface area contributed by atoms with Gasteiger partial charge in [0.15, 0.2) is 0 Å². The van der Waals surface area contributed by atoms with E-state index in [0.29, 0.717) is 17.3 Å². The highest BCUT2D eigenvalue weighted by Gasteiger charge is 2.11. The Labute approximate surface area is 152 Å². The Bertz CT molecular complexity index is 941. The van der Waals surface area contributed by atoms with E-state index in [9.17, 15) is 4.79 Å². The van der Waals surface area contributed by atoms with Gasteiger partial charge in [-0.25, -0.2) is 9.97 Å². The highest BCUT2D eigenvalue weighted by atomic mass is 16.5. The van der Waals surface area contributed by atoms with Gasteiger partial charge in [-0.1, -0.05) is 18.2 Å². The quantitative estimate of drug-likeness (QED) is 0.726. The zero-order chi connectivity index (χ0) is 18.5. The largest absolute Gasteiger partial charge is 0.497 e. The smallest absolute Gasteiger partial charge is 0.274 e. The third-order valence-electron chi connectivity index (χ3n) is 3.69. The summed E-state index contributed by atoms with van der Waals surface area (Å²) in [6.45, 7) is 3.72. The zero-order valence-electron chi connectivity index (χ0n) is 14.9. The van der Waals surface area contributed by atoms with Crippen molar-refractivity contribution in [2.45, 2.75) is 13.8 Å². The van der Waals surface area contributed by atoms with E-state index in [1.807, 2.05) is 55.5 Å². The van der Waals surface area contributed by atoms with Crippen molar-refractivity contribution in [2.24, 2.45) is 0 Å². The highest BCUT2D eigenvalue weighted by molar-refractivity contribution is 6.03. The Morgan fingerprint density at radius 1 is 0.962 bits per heavy atom. The SMILES string of the molecule is COc1cccc(Nc2cc(C(=O)Nc3cccc(C)c3)nc(C)n2)c1. The zero-order valence-corrected chi connectivity index (χ0v) is 14.9. The Balaban J connectivity index is 1.81. The molecule has 2 aromatic carbocycles. The number of carbonyl (C=O) groups is 1. The summed E-state index contributed by atoms with van der Waals surface area (Å²) in [4.78, 5) is 21.1. The summed E-state index contributed by atoms with van der Waals surface area (Å²) in [5.41, 5.74) is 2.91. The van der Waals surface area contributed by atoms with Gasteiger partial charge in [-0.15, -0.1) is 0 Å². The average molecular weight is 348 g/mol. The lowest BCUT2D eigenvalue weighted by Gasteiger charge is -2.10. The lowest BCUT2D eigenvalue weighted by atomic mass is 10.2. The molecule has 0 saturated heterocycles. The molecule has 26 heavy (non-hydrogen) atoms. The molecule has 0 bridgehead atoms. The summed E-state index contributed by atoms with van der Waals surface area (Å²) < 4.78 is 5.22. The molecule has 0 aliphatic heterocycles. The third-order valence-corrected chi connectivity index (χ3v) is 3.69. The first-order valence-corrected chi connectivity index (χ1v) is 8.18. The van der Waals surface area contributed by atoms with Gasteiger partial charge in [0.25, 0.3) is 5.91 Å². The van der Waals surface area contributed by atoms with Crippen LogP contribution >= 0.6 is 0 Å². The predicted molar refractivity (Wildman–Crippen MR) is 102 cm³/mol. The second kappa shape index (κ2) is 7.65. The second-order valence-electron chi connectivity index (χ2n) is 5.87. The van der Waals surface area contributed by atoms with Gasteiger partial charge in [-0.3, -0.25) is 4.79 Å². The number of nitrogens with one attached hydrogen (secondary N) is 2. The molecule has 0 saturated carbocycles. The lowest BCUT2D eigenvalue weighted by molar-refractivity contribution is 0.102. The van der Waals surface area contributed by atoms with E-state index in [0.717, 1.165) is 22.7 Å². The number of rotatable bonds is 5. The highest BCUT2D eigenvalue weighted by Crippen LogP contribution is 2.21. The molecule has 1 heterocycles. The second-order valence-corrected chi connectivity index (χ2v) is 5.87. The average Bonchev–Trinajstić information content (AvgIpc) is 2.61. The fourth-order valence-electron chi connectivity index (χ4n) is 2.51. The third kappa shape index (κ3) is 4.36. The van der Waals surface area contributed by atoms with Crippen molar-refractivity contribution in [1.82, 2.24) is 9.97 Å². The van der Waals surface area contributed by atoms with Gasteiger partial charge in [0.2, 0.25) is 0 Å². The summed E-state index contributed by atoms with van der Waals surface area (Å²) in [5, 5.41) is 6.04. The van der Waals surface area contributed by atoms with Gasteiger partial charge >= 0.3 is 0 Å². The van der Waals surface area contributed by atoms with E-state index in [1.54, 1.807) is 20.1 Å². The van der Waals surface area contributed by atoms with Crippen molar-refractivity contribution in [2.75, 3.05) is 17.7 Å². The topological polar surface area (TPSA) is 76.1 Å². The van der Waals surface area contributed by atoms with Gasteiger partial charge in [-0.05, 0) is 43.7 Å². The van der Waals surface area contributed by atoms with Crippen molar-refractivity contribution < 1.29 is 9.53 Å². The van der Waals surface area contributed by atoms with Gasteiger partial charge in [0, 0.05) is 23.5 Å². The molecule has 1 amide bonds. The Morgan fingerprint density at radius 2 is 1.73 bits per heavy atom. The van der Waals surface area contributed by atoms with Crippen LogP contribution in [0.15, 0.2) is 54.6 Å². The number of carbonyl (C=O) groups excluding carboxylic acids is 1. The van der Waals surface area contributed by atoms with E-state index in [1.165, 1.54) is 0 Å². The molecule has 3 rings (SSSR count). The van der Waals surface area contributed by atoms with Crippen LogP contribution in [-0.4, -0.2) is 23.0 Å². The number of amides is 1. The van der Waals surface area contributed by atoms with E-state index < -0.39 is 0 Å². The Hall–Kier alpha value is -3.41. The van der Waals surface area contributed by atoms with Gasteiger partial charge in [-0.2, -0.15) is 0 Å². The summed E-state index contributed by atoms with van der Waals surface area (Å²) in [7, 11) is 1.61. The van der Waals surface area contributed by atoms with Crippen molar-refractivity contribution in [3.05, 3.63) is 71.7 Å². The molecular formula is C20H20N4O2. The minimum atomic E-state index is -0.283. The van der Waals surface area contributed by atoms with Crippen LogP contribution in [0, 0.1) is 13.8 Å². The number of aryl methyl sites for hydroxylation is 2. The van der Waals surface area contributed by atoms with Crippen molar-refractivity contribution in [1.29, 1.82) is 0 Å². The fourth-order valence-corrected chi connectivity index (χ4v) is 2.51. The normalized spacial score (nSPS) is 10.3. The Morgan fingerprint density at radius 3 is 2.50 bits per heavy atom. The van der Waals surface area contributed by atoms with Crippen LogP contribution in [-0.2, 0) is 0 Å². The molecule has 0 aliphatic rings. The summed E-state index contributed by atoms with van der Waals surface area (Å²) in [6, 6.07) is 16.7. The number of hydrogen-bond donors (Lipinski definition) is 2. The van der Waals surface area contributed by atoms with E-state index in [4.69, 9.17) is 4.74 Å². The number of aromatic nitrogens is 2. The number of nitrogens with zero attached hydrogens (tertiary/aromatic N) is 2. The Kier molecular flexibility index (Phi) is 5.12. The monoisotopic (exact) mass is 348 g/mol. The summed E-state index contributed by atoms with van der Waals surface area (Å²) in [6.07, 6.45) is 0. The molecular weight excluding hydrogens is 328 g/mol. The van der Waals surface area contributed by atoms with Gasteiger partial charge in [0.1, 0.15) is 23.1 Å². The lowest BCUT2D eigenvalue weighted by Crippen LogP contribution is -2.15. The molecule has 0 unspecified atom stereocenters. The van der Waals surface area contributed by atoms with Crippen molar-refractivity contribution in [3.63, 3.8) is 0 Å². The molecule has 0 radical (unpaired) electrons. The predicted octanol–water partition coefficient (Wildman–Crippen LogP) is 4.10. The first-order valence-electron chi connectivity index (χ1n) is 8.18. The van der Waals surface area contributed by atoms with Crippen molar-refractivity contribution in [3.8, 4) is 5.75 Å². The first-order chi connectivity index (χ1) is 12.5. The maximum absolute atomic E-state index is 12.5. The van der Waals surface area contributed by atoms with Crippen LogP contribution < -0.4 is 15.4 Å². The number of methoxy groups -OCH3 is 1. The van der Waals surface area contributed by atoms with Crippen LogP contribution in [0.4, 0.5) is 17.2 Å². The minimum Gasteiger partial charge on any atom is -0.497 e. The molecule has 0 atom stereocenters. The molecule has 6 heteroatoms. The maximum atomic E-state index is 12.5. The molecule has 0 fully saturated rings. The molecule has 2 N–H and O–H groups in total. The maximum Gasteiger partial charge on any atom is 0.274 e. The van der Waals surface area contributed by atoms with Crippen LogP contribution in [0.3, 0.4) is 0 Å². The van der Waals surface area contributed by atoms with Crippen LogP contribution in [0.25, 0.3) is 0 Å². The molecule has 0 aliphatic carbocycles. The summed E-state index contributed by atoms with van der Waals surface area (Å²) >= 11 is 0. The minimum absolute atomic E-state index is 0.283. The number of benzene rings is 2. The number of hydrogen-bond acceptors (Lipinski definition) is 5. The molecule has 0 spiro atoms. The van der Waals surface area contributed by atoms with Crippen LogP contribution in [0.2, 0.25) is 0 Å². The first kappa shape index (κ1) is 17.4. The van der Waals surface area contributed by atoms with Crippen LogP contribution in [0.5, 0.6) is 5.75 Å². The fraction of sp³-hybridized carbons (Fsp3) is 0.150. The number of ether oxygens (including phenoxy) is 1. The van der Waals surface area contributed by atoms with E-state index >= 15 is 0 Å². The van der Waals surface area contributed by atoms with Gasteiger partial charge in [0.05, 0.1) is 7.11 Å². The molecule has 132 valence electrons.